The highest BCUT2D eigenvalue weighted by Crippen LogP contribution is 2.35. The largest absolute Gasteiger partial charge is 0.482 e. The highest BCUT2D eigenvalue weighted by molar-refractivity contribution is 6.35. The minimum atomic E-state index is -0.680. The molecule has 124 valence electrons. The van der Waals surface area contributed by atoms with Gasteiger partial charge in [0, 0.05) is 15.6 Å². The summed E-state index contributed by atoms with van der Waals surface area (Å²) in [7, 11) is 0. The van der Waals surface area contributed by atoms with Crippen molar-refractivity contribution in [2.45, 2.75) is 6.54 Å². The zero-order valence-corrected chi connectivity index (χ0v) is 13.8. The van der Waals surface area contributed by atoms with E-state index in [-0.39, 0.29) is 24.6 Å². The predicted octanol–water partition coefficient (Wildman–Crippen LogP) is 3.04. The average Bonchev–Trinajstić information content (AvgIpc) is 2.58. The van der Waals surface area contributed by atoms with Crippen LogP contribution in [0.1, 0.15) is 15.9 Å². The molecule has 0 aromatic heterocycles. The van der Waals surface area contributed by atoms with Crippen LogP contribution in [0.5, 0.6) is 5.75 Å². The van der Waals surface area contributed by atoms with Crippen molar-refractivity contribution in [3.05, 3.63) is 57.6 Å². The molecule has 0 unspecified atom stereocenters. The van der Waals surface area contributed by atoms with Crippen LogP contribution in [-0.4, -0.2) is 23.6 Å². The Labute approximate surface area is 147 Å². The molecule has 0 radical (unpaired) electrons. The molecule has 0 aliphatic carbocycles. The van der Waals surface area contributed by atoms with Crippen molar-refractivity contribution in [3.63, 3.8) is 0 Å². The lowest BCUT2D eigenvalue weighted by Gasteiger charge is -2.30. The standard InChI is InChI=1S/C16H12Cl2N2O4/c17-11-3-1-10(12(18)6-11)7-20-13-5-9(16(22)19-23)2-4-14(13)24-8-15(20)21/h1-6,23H,7-8H2,(H,19,22). The molecule has 0 spiro atoms. The molecular weight excluding hydrogens is 355 g/mol. The first kappa shape index (κ1) is 16.6. The molecule has 2 amide bonds. The number of hydrogen-bond donors (Lipinski definition) is 2. The van der Waals surface area contributed by atoms with Crippen molar-refractivity contribution < 1.29 is 19.5 Å². The summed E-state index contributed by atoms with van der Waals surface area (Å²) in [6.07, 6.45) is 0. The van der Waals surface area contributed by atoms with Crippen LogP contribution in [-0.2, 0) is 11.3 Å². The molecule has 0 saturated heterocycles. The molecule has 0 atom stereocenters. The summed E-state index contributed by atoms with van der Waals surface area (Å²) in [6.45, 7) is 0.0964. The maximum atomic E-state index is 12.3. The van der Waals surface area contributed by atoms with Crippen molar-refractivity contribution in [3.8, 4) is 5.75 Å². The van der Waals surface area contributed by atoms with Gasteiger partial charge in [0.15, 0.2) is 6.61 Å². The van der Waals surface area contributed by atoms with Gasteiger partial charge in [0.2, 0.25) is 0 Å². The van der Waals surface area contributed by atoms with Crippen LogP contribution >= 0.6 is 23.2 Å². The number of hydrogen-bond acceptors (Lipinski definition) is 4. The third-order valence-electron chi connectivity index (χ3n) is 3.61. The van der Waals surface area contributed by atoms with E-state index in [2.05, 4.69) is 0 Å². The van der Waals surface area contributed by atoms with Gasteiger partial charge in [0.25, 0.3) is 11.8 Å². The molecule has 3 rings (SSSR count). The summed E-state index contributed by atoms with van der Waals surface area (Å²) in [6, 6.07) is 9.56. The maximum Gasteiger partial charge on any atom is 0.274 e. The topological polar surface area (TPSA) is 78.9 Å². The lowest BCUT2D eigenvalue weighted by atomic mass is 10.1. The van der Waals surface area contributed by atoms with Crippen LogP contribution in [0, 0.1) is 0 Å². The number of hydroxylamine groups is 1. The fourth-order valence-electron chi connectivity index (χ4n) is 2.40. The van der Waals surface area contributed by atoms with Gasteiger partial charge in [-0.15, -0.1) is 0 Å². The van der Waals surface area contributed by atoms with E-state index in [4.69, 9.17) is 33.1 Å². The van der Waals surface area contributed by atoms with Gasteiger partial charge in [-0.05, 0) is 35.9 Å². The Morgan fingerprint density at radius 1 is 1.25 bits per heavy atom. The number of nitrogens with zero attached hydrogens (tertiary/aromatic N) is 1. The molecule has 1 heterocycles. The first-order chi connectivity index (χ1) is 11.5. The normalized spacial score (nSPS) is 13.3. The Bertz CT molecular complexity index is 826. The highest BCUT2D eigenvalue weighted by atomic mass is 35.5. The zero-order chi connectivity index (χ0) is 17.3. The molecular formula is C16H12Cl2N2O4. The second-order valence-electron chi connectivity index (χ2n) is 5.13. The van der Waals surface area contributed by atoms with E-state index in [0.29, 0.717) is 27.0 Å². The van der Waals surface area contributed by atoms with Crippen molar-refractivity contribution in [2.75, 3.05) is 11.5 Å². The number of carbonyl (C=O) groups excluding carboxylic acids is 2. The number of nitrogens with one attached hydrogen (secondary N) is 1. The Morgan fingerprint density at radius 2 is 2.04 bits per heavy atom. The van der Waals surface area contributed by atoms with E-state index in [1.54, 1.807) is 29.7 Å². The number of benzene rings is 2. The van der Waals surface area contributed by atoms with Crippen molar-refractivity contribution >= 4 is 40.7 Å². The van der Waals surface area contributed by atoms with Crippen LogP contribution in [0.15, 0.2) is 36.4 Å². The lowest BCUT2D eigenvalue weighted by Crippen LogP contribution is -2.38. The predicted molar refractivity (Wildman–Crippen MR) is 88.8 cm³/mol. The van der Waals surface area contributed by atoms with E-state index < -0.39 is 5.91 Å². The van der Waals surface area contributed by atoms with Crippen LogP contribution in [0.25, 0.3) is 0 Å². The second-order valence-corrected chi connectivity index (χ2v) is 5.97. The molecule has 0 bridgehead atoms. The van der Waals surface area contributed by atoms with Crippen LogP contribution in [0.2, 0.25) is 10.0 Å². The van der Waals surface area contributed by atoms with Crippen LogP contribution in [0.4, 0.5) is 5.69 Å². The van der Waals surface area contributed by atoms with Crippen molar-refractivity contribution in [1.82, 2.24) is 5.48 Å². The first-order valence-corrected chi connectivity index (χ1v) is 7.71. The summed E-state index contributed by atoms with van der Waals surface area (Å²) >= 11 is 12.1. The Balaban J connectivity index is 1.99. The number of carbonyl (C=O) groups is 2. The van der Waals surface area contributed by atoms with Gasteiger partial charge in [-0.3, -0.25) is 14.8 Å². The Morgan fingerprint density at radius 3 is 2.75 bits per heavy atom. The number of fused-ring (bicyclic) bond motifs is 1. The van der Waals surface area contributed by atoms with E-state index in [9.17, 15) is 9.59 Å². The monoisotopic (exact) mass is 366 g/mol. The minimum Gasteiger partial charge on any atom is -0.482 e. The fraction of sp³-hybridized carbons (Fsp3) is 0.125. The first-order valence-electron chi connectivity index (χ1n) is 6.95. The smallest absolute Gasteiger partial charge is 0.274 e. The third kappa shape index (κ3) is 3.17. The number of rotatable bonds is 3. The van der Waals surface area contributed by atoms with Gasteiger partial charge in [0.1, 0.15) is 5.75 Å². The average molecular weight is 367 g/mol. The summed E-state index contributed by atoms with van der Waals surface area (Å²) < 4.78 is 5.38. The van der Waals surface area contributed by atoms with Gasteiger partial charge in [-0.1, -0.05) is 29.3 Å². The summed E-state index contributed by atoms with van der Waals surface area (Å²) in [5, 5.41) is 9.70. The molecule has 2 N–H and O–H groups in total. The van der Waals surface area contributed by atoms with Gasteiger partial charge < -0.3 is 9.64 Å². The highest BCUT2D eigenvalue weighted by Gasteiger charge is 2.27. The molecule has 6 nitrogen and oxygen atoms in total. The number of halogens is 2. The third-order valence-corrected chi connectivity index (χ3v) is 4.20. The van der Waals surface area contributed by atoms with Crippen molar-refractivity contribution in [2.24, 2.45) is 0 Å². The van der Waals surface area contributed by atoms with Crippen molar-refractivity contribution in [1.29, 1.82) is 0 Å². The SMILES string of the molecule is O=C(NO)c1ccc2c(c1)N(Cc1ccc(Cl)cc1Cl)C(=O)CO2. The van der Waals surface area contributed by atoms with Gasteiger partial charge in [0.05, 0.1) is 12.2 Å². The lowest BCUT2D eigenvalue weighted by molar-refractivity contribution is -0.121. The Hall–Kier alpha value is -2.28. The molecule has 8 heteroatoms. The van der Waals surface area contributed by atoms with E-state index in [1.807, 2.05) is 0 Å². The molecule has 2 aromatic rings. The fourth-order valence-corrected chi connectivity index (χ4v) is 2.87. The number of anilines is 1. The Kier molecular flexibility index (Phi) is 4.62. The molecule has 0 saturated carbocycles. The van der Waals surface area contributed by atoms with E-state index in [1.165, 1.54) is 17.0 Å². The van der Waals surface area contributed by atoms with Gasteiger partial charge in [-0.2, -0.15) is 0 Å². The summed E-state index contributed by atoms with van der Waals surface area (Å²) in [5.74, 6) is -0.482. The zero-order valence-electron chi connectivity index (χ0n) is 12.3. The van der Waals surface area contributed by atoms with Gasteiger partial charge in [-0.25, -0.2) is 5.48 Å². The molecule has 1 aliphatic heterocycles. The van der Waals surface area contributed by atoms with Crippen LogP contribution in [0.3, 0.4) is 0 Å². The molecule has 0 fully saturated rings. The van der Waals surface area contributed by atoms with Gasteiger partial charge >= 0.3 is 0 Å². The molecule has 2 aromatic carbocycles. The molecule has 24 heavy (non-hydrogen) atoms. The van der Waals surface area contributed by atoms with Crippen LogP contribution < -0.4 is 15.1 Å². The maximum absolute atomic E-state index is 12.3. The minimum absolute atomic E-state index is 0.107. The summed E-state index contributed by atoms with van der Waals surface area (Å²) in [4.78, 5) is 25.3. The van der Waals surface area contributed by atoms with E-state index in [0.717, 1.165) is 0 Å². The number of ether oxygens (including phenoxy) is 1. The number of amides is 2. The quantitative estimate of drug-likeness (QED) is 0.646. The van der Waals surface area contributed by atoms with E-state index >= 15 is 0 Å². The summed E-state index contributed by atoms with van der Waals surface area (Å²) in [5.41, 5.74) is 2.89. The molecule has 1 aliphatic rings. The second kappa shape index (κ2) is 6.68.